The Hall–Kier alpha value is -5.61. The molecule has 0 aliphatic rings. The fourth-order valence-electron chi connectivity index (χ4n) is 6.99. The van der Waals surface area contributed by atoms with Crippen molar-refractivity contribution in [3.8, 4) is 11.1 Å². The zero-order valence-corrected chi connectivity index (χ0v) is 31.9. The van der Waals surface area contributed by atoms with Gasteiger partial charge < -0.3 is 14.9 Å². The number of rotatable bonds is 13. The van der Waals surface area contributed by atoms with Gasteiger partial charge in [-0.25, -0.2) is 0 Å². The largest absolute Gasteiger partial charge is 0.481 e. The van der Waals surface area contributed by atoms with Gasteiger partial charge in [-0.15, -0.1) is 0 Å². The van der Waals surface area contributed by atoms with Crippen LogP contribution in [0.2, 0.25) is 0 Å². The maximum absolute atomic E-state index is 11.0. The van der Waals surface area contributed by atoms with E-state index in [2.05, 4.69) is 173 Å². The third kappa shape index (κ3) is 8.55. The molecule has 0 amide bonds. The monoisotopic (exact) mass is 698 g/mol. The number of hydrogen-bond donors (Lipinski definition) is 1. The van der Waals surface area contributed by atoms with Crippen molar-refractivity contribution < 1.29 is 9.90 Å². The predicted octanol–water partition coefficient (Wildman–Crippen LogP) is 13.2. The van der Waals surface area contributed by atoms with Crippen molar-refractivity contribution in [2.24, 2.45) is 0 Å². The van der Waals surface area contributed by atoms with E-state index in [0.717, 1.165) is 52.5 Å². The molecule has 0 atom stereocenters. The van der Waals surface area contributed by atoms with Gasteiger partial charge in [0.2, 0.25) is 0 Å². The minimum Gasteiger partial charge on any atom is -0.481 e. The van der Waals surface area contributed by atoms with Crippen molar-refractivity contribution in [1.82, 2.24) is 0 Å². The number of nitrogens with zero attached hydrogens (tertiary/aromatic N) is 2. The molecule has 0 aliphatic heterocycles. The molecule has 0 saturated carbocycles. The molecule has 0 spiro atoms. The highest BCUT2D eigenvalue weighted by Gasteiger charge is 2.19. The highest BCUT2D eigenvalue weighted by atomic mass is 16.4. The van der Waals surface area contributed by atoms with Crippen LogP contribution in [0.25, 0.3) is 11.1 Å². The van der Waals surface area contributed by atoms with Crippen LogP contribution >= 0.6 is 0 Å². The molecule has 53 heavy (non-hydrogen) atoms. The second kappa shape index (κ2) is 16.4. The van der Waals surface area contributed by atoms with E-state index in [4.69, 9.17) is 12.0 Å². The van der Waals surface area contributed by atoms with Crippen molar-refractivity contribution in [2.75, 3.05) is 9.80 Å². The fourth-order valence-corrected chi connectivity index (χ4v) is 6.99. The van der Waals surface area contributed by atoms with Gasteiger partial charge in [-0.3, -0.25) is 4.79 Å². The Bertz CT molecular complexity index is 2220. The number of carboxylic acid groups (broad SMARTS) is 1. The molecule has 0 aromatic heterocycles. The van der Waals surface area contributed by atoms with Gasteiger partial charge in [-0.05, 0) is 203 Å². The number of hydrogen-bond acceptors (Lipinski definition) is 3. The zero-order chi connectivity index (χ0) is 37.6. The molecule has 0 saturated heterocycles. The molecular weight excluding hydrogens is 649 g/mol. The van der Waals surface area contributed by atoms with Gasteiger partial charge in [0.15, 0.2) is 0 Å². The summed E-state index contributed by atoms with van der Waals surface area (Å²) in [6.07, 6.45) is 3.04. The molecule has 0 aliphatic carbocycles. The zero-order valence-electron chi connectivity index (χ0n) is 31.9. The van der Waals surface area contributed by atoms with E-state index < -0.39 is 5.97 Å². The molecule has 0 heterocycles. The first kappa shape index (κ1) is 37.2. The van der Waals surface area contributed by atoms with Crippen LogP contribution in [0.5, 0.6) is 0 Å². The first-order valence-electron chi connectivity index (χ1n) is 18.6. The molecule has 0 unspecified atom stereocenters. The van der Waals surface area contributed by atoms with Crippen LogP contribution in [0.4, 0.5) is 34.1 Å². The van der Waals surface area contributed by atoms with Crippen LogP contribution in [0, 0.1) is 48.5 Å². The summed E-state index contributed by atoms with van der Waals surface area (Å²) >= 11 is 0. The first-order valence-corrected chi connectivity index (χ1v) is 18.6. The lowest BCUT2D eigenvalue weighted by atomic mass is 9.98. The van der Waals surface area contributed by atoms with E-state index in [-0.39, 0.29) is 6.42 Å². The number of aryl methyl sites for hydroxylation is 8. The van der Waals surface area contributed by atoms with E-state index in [1.165, 1.54) is 50.1 Å². The Labute approximate surface area is 316 Å². The Morgan fingerprint density at radius 2 is 0.906 bits per heavy atom. The number of carboxylic acids is 1. The minimum atomic E-state index is -0.753. The van der Waals surface area contributed by atoms with Crippen LogP contribution in [-0.2, 0) is 17.6 Å². The fraction of sp³-hybridized carbons (Fsp3) is 0.224. The average molecular weight is 699 g/mol. The van der Waals surface area contributed by atoms with Crippen molar-refractivity contribution in [1.29, 1.82) is 0 Å². The van der Waals surface area contributed by atoms with Crippen LogP contribution in [0.15, 0.2) is 121 Å². The van der Waals surface area contributed by atoms with Gasteiger partial charge >= 0.3 is 5.97 Å². The topological polar surface area (TPSA) is 43.8 Å². The summed E-state index contributed by atoms with van der Waals surface area (Å²) in [7, 11) is 0. The number of aliphatic carboxylic acids is 1. The minimum absolute atomic E-state index is 0.179. The summed E-state index contributed by atoms with van der Waals surface area (Å²) in [4.78, 5) is 15.7. The van der Waals surface area contributed by atoms with Crippen molar-refractivity contribution >= 4 is 40.1 Å². The Morgan fingerprint density at radius 3 is 1.28 bits per heavy atom. The van der Waals surface area contributed by atoms with Gasteiger partial charge in [-0.2, -0.15) is 0 Å². The second-order valence-electron chi connectivity index (χ2n) is 14.3. The summed E-state index contributed by atoms with van der Waals surface area (Å²) in [5, 5.41) is 9.08. The van der Waals surface area contributed by atoms with Crippen LogP contribution in [-0.4, -0.2) is 11.1 Å². The van der Waals surface area contributed by atoms with Gasteiger partial charge in [0.25, 0.3) is 0 Å². The van der Waals surface area contributed by atoms with Crippen LogP contribution in [0.1, 0.15) is 63.8 Å². The van der Waals surface area contributed by atoms with Gasteiger partial charge in [-0.1, -0.05) is 48.5 Å². The molecule has 1 N–H and O–H groups in total. The molecular formula is C49H50N2O2. The quantitative estimate of drug-likeness (QED) is 0.130. The lowest BCUT2D eigenvalue weighted by molar-refractivity contribution is -0.137. The standard InChI is InChI=1S/C49H50N2O2/c1-8-10-39-15-23-43(24-16-39)50(45-21-13-33(2)35(4)31-45)47-27-19-41(29-37(47)6)42-20-28-48(38(7)30-42)51(46-22-14-34(3)36(5)32-46)44-25-17-40(18-26-44)11-9-12-49(52)53/h1,13-32H,8-12H2,2-7H3,(H,52,53). The third-order valence-electron chi connectivity index (χ3n) is 10.4. The molecule has 6 aromatic rings. The van der Waals surface area contributed by atoms with Crippen molar-refractivity contribution in [2.45, 2.75) is 73.6 Å². The summed E-state index contributed by atoms with van der Waals surface area (Å²) in [6.45, 7) is 18.9. The van der Waals surface area contributed by atoms with E-state index in [1.54, 1.807) is 0 Å². The summed E-state index contributed by atoms with van der Waals surface area (Å²) < 4.78 is 0. The first-order chi connectivity index (χ1) is 25.5. The Morgan fingerprint density at radius 1 is 0.491 bits per heavy atom. The molecule has 4 nitrogen and oxygen atoms in total. The smallest absolute Gasteiger partial charge is 0.303 e. The number of carbonyl (C=O) groups is 1. The summed E-state index contributed by atoms with van der Waals surface area (Å²) in [5.41, 5.74) is 18.8. The van der Waals surface area contributed by atoms with Crippen molar-refractivity contribution in [3.05, 3.63) is 173 Å². The highest BCUT2D eigenvalue weighted by molar-refractivity contribution is 5.83. The molecule has 268 valence electrons. The van der Waals surface area contributed by atoms with Crippen LogP contribution in [0.3, 0.4) is 0 Å². The molecule has 4 heteroatoms. The third-order valence-corrected chi connectivity index (χ3v) is 10.4. The molecule has 2 radical (unpaired) electrons. The normalized spacial score (nSPS) is 11.1. The lowest BCUT2D eigenvalue weighted by Gasteiger charge is -2.29. The SMILES string of the molecule is [CH]CCc1ccc(N(c2ccc(C)c(C)c2)c2ccc(-c3ccc(N(c4ccc(CCCC(=O)O)cc4)c4ccc(C)c(C)c4)c(C)c3)cc2C)cc1. The molecule has 6 rings (SSSR count). The average Bonchev–Trinajstić information content (AvgIpc) is 3.14. The highest BCUT2D eigenvalue weighted by Crippen LogP contribution is 2.41. The number of anilines is 6. The van der Waals surface area contributed by atoms with E-state index in [1.807, 2.05) is 0 Å². The van der Waals surface area contributed by atoms with Crippen molar-refractivity contribution in [3.63, 3.8) is 0 Å². The maximum Gasteiger partial charge on any atom is 0.303 e. The van der Waals surface area contributed by atoms with Gasteiger partial charge in [0, 0.05) is 40.5 Å². The Kier molecular flexibility index (Phi) is 11.5. The summed E-state index contributed by atoms with van der Waals surface area (Å²) in [6, 6.07) is 44.1. The second-order valence-corrected chi connectivity index (χ2v) is 14.3. The maximum atomic E-state index is 11.0. The van der Waals surface area contributed by atoms with Gasteiger partial charge in [0.1, 0.15) is 0 Å². The van der Waals surface area contributed by atoms with Gasteiger partial charge in [0.05, 0.1) is 0 Å². The Balaban J connectivity index is 1.35. The molecule has 6 aromatic carbocycles. The molecule has 0 fully saturated rings. The van der Waals surface area contributed by atoms with E-state index in [9.17, 15) is 4.79 Å². The summed E-state index contributed by atoms with van der Waals surface area (Å²) in [5.74, 6) is -0.753. The van der Waals surface area contributed by atoms with Crippen LogP contribution < -0.4 is 9.80 Å². The van der Waals surface area contributed by atoms with E-state index in [0.29, 0.717) is 12.8 Å². The predicted molar refractivity (Wildman–Crippen MR) is 223 cm³/mol. The number of benzene rings is 6. The lowest BCUT2D eigenvalue weighted by Crippen LogP contribution is -2.12. The van der Waals surface area contributed by atoms with E-state index >= 15 is 0 Å². The molecule has 0 bridgehead atoms.